The number of rotatable bonds is 3. The van der Waals surface area contributed by atoms with Crippen molar-refractivity contribution in [3.8, 4) is 0 Å². The van der Waals surface area contributed by atoms with Crippen molar-refractivity contribution in [2.45, 2.75) is 38.5 Å². The number of carbonyl (C=O) groups is 2. The van der Waals surface area contributed by atoms with E-state index in [2.05, 4.69) is 0 Å². The molecule has 2 N–H and O–H groups in total. The quantitative estimate of drug-likeness (QED) is 0.883. The van der Waals surface area contributed by atoms with Crippen LogP contribution >= 0.6 is 11.6 Å². The molecule has 1 aliphatic rings. The van der Waals surface area contributed by atoms with Gasteiger partial charge in [-0.2, -0.15) is 0 Å². The average Bonchev–Trinajstić information content (AvgIpc) is 2.91. The van der Waals surface area contributed by atoms with Crippen LogP contribution in [0.2, 0.25) is 5.02 Å². The van der Waals surface area contributed by atoms with Gasteiger partial charge < -0.3 is 19.7 Å². The van der Waals surface area contributed by atoms with Gasteiger partial charge in [-0.15, -0.1) is 0 Å². The molecule has 2 atom stereocenters. The second-order valence-electron chi connectivity index (χ2n) is 5.25. The van der Waals surface area contributed by atoms with Gasteiger partial charge in [0.15, 0.2) is 0 Å². The molecule has 1 aromatic rings. The number of carbonyl (C=O) groups excluding carboxylic acids is 1. The molecule has 0 aromatic carbocycles. The molecule has 1 fully saturated rings. The van der Waals surface area contributed by atoms with E-state index in [1.54, 1.807) is 10.8 Å². The Balaban J connectivity index is 2.33. The summed E-state index contributed by atoms with van der Waals surface area (Å²) < 4.78 is 1.70. The van der Waals surface area contributed by atoms with Crippen LogP contribution in [0.5, 0.6) is 0 Å². The largest absolute Gasteiger partial charge is 0.480 e. The highest BCUT2D eigenvalue weighted by Crippen LogP contribution is 2.25. The van der Waals surface area contributed by atoms with Crippen LogP contribution in [0.15, 0.2) is 12.3 Å². The molecule has 0 bridgehead atoms. The van der Waals surface area contributed by atoms with Crippen LogP contribution in [0.1, 0.15) is 36.8 Å². The summed E-state index contributed by atoms with van der Waals surface area (Å²) in [5.74, 6) is -1.53. The molecule has 0 aliphatic carbocycles. The third-order valence-electron chi connectivity index (χ3n) is 3.42. The molecule has 1 amide bonds. The number of aliphatic hydroxyl groups is 1. The number of aliphatic carboxylic acids is 1. The summed E-state index contributed by atoms with van der Waals surface area (Å²) in [6.45, 7) is 3.83. The fourth-order valence-corrected chi connectivity index (χ4v) is 2.67. The summed E-state index contributed by atoms with van der Waals surface area (Å²) in [6, 6.07) is 0.553. The van der Waals surface area contributed by atoms with E-state index in [0.29, 0.717) is 10.7 Å². The first-order chi connectivity index (χ1) is 9.31. The van der Waals surface area contributed by atoms with Crippen molar-refractivity contribution in [2.24, 2.45) is 0 Å². The Labute approximate surface area is 121 Å². The first-order valence-electron chi connectivity index (χ1n) is 6.40. The highest BCUT2D eigenvalue weighted by atomic mass is 35.5. The third kappa shape index (κ3) is 2.66. The molecule has 7 heteroatoms. The predicted molar refractivity (Wildman–Crippen MR) is 72.9 cm³/mol. The molecule has 6 nitrogen and oxygen atoms in total. The molecule has 0 saturated carbocycles. The molecular weight excluding hydrogens is 284 g/mol. The van der Waals surface area contributed by atoms with Gasteiger partial charge in [0.1, 0.15) is 11.7 Å². The van der Waals surface area contributed by atoms with Gasteiger partial charge in [0.05, 0.1) is 11.1 Å². The highest BCUT2D eigenvalue weighted by Gasteiger charge is 2.40. The Morgan fingerprint density at radius 1 is 1.45 bits per heavy atom. The van der Waals surface area contributed by atoms with E-state index in [9.17, 15) is 14.7 Å². The lowest BCUT2D eigenvalue weighted by Crippen LogP contribution is -2.41. The lowest BCUT2D eigenvalue weighted by molar-refractivity contribution is -0.141. The second-order valence-corrected chi connectivity index (χ2v) is 5.68. The van der Waals surface area contributed by atoms with E-state index < -0.39 is 24.0 Å². The van der Waals surface area contributed by atoms with Crippen molar-refractivity contribution in [2.75, 3.05) is 6.54 Å². The standard InChI is InChI=1S/C13H17ClN2O4/c1-7(2)15-5-8(14)3-10(15)12(18)16-6-9(17)4-11(16)13(19)20/h3,5,7,9,11,17H,4,6H2,1-2H3,(H,19,20)/t9-,11+/m1/s1. The van der Waals surface area contributed by atoms with E-state index in [1.807, 2.05) is 13.8 Å². The van der Waals surface area contributed by atoms with Gasteiger partial charge >= 0.3 is 5.97 Å². The smallest absolute Gasteiger partial charge is 0.326 e. The van der Waals surface area contributed by atoms with E-state index in [-0.39, 0.29) is 19.0 Å². The van der Waals surface area contributed by atoms with Gasteiger partial charge in [-0.25, -0.2) is 4.79 Å². The van der Waals surface area contributed by atoms with Crippen molar-refractivity contribution in [1.82, 2.24) is 9.47 Å². The monoisotopic (exact) mass is 300 g/mol. The number of amides is 1. The first kappa shape index (κ1) is 14.9. The topological polar surface area (TPSA) is 82.8 Å². The lowest BCUT2D eigenvalue weighted by atomic mass is 10.2. The highest BCUT2D eigenvalue weighted by molar-refractivity contribution is 6.31. The maximum absolute atomic E-state index is 12.5. The zero-order chi connectivity index (χ0) is 15.0. The van der Waals surface area contributed by atoms with Gasteiger partial charge in [0, 0.05) is 25.2 Å². The average molecular weight is 301 g/mol. The van der Waals surface area contributed by atoms with Crippen molar-refractivity contribution in [1.29, 1.82) is 0 Å². The predicted octanol–water partition coefficient (Wildman–Crippen LogP) is 1.38. The Kier molecular flexibility index (Phi) is 4.06. The molecule has 0 unspecified atom stereocenters. The van der Waals surface area contributed by atoms with Gasteiger partial charge in [0.2, 0.25) is 0 Å². The maximum Gasteiger partial charge on any atom is 0.326 e. The fourth-order valence-electron chi connectivity index (χ4n) is 2.46. The van der Waals surface area contributed by atoms with Gasteiger partial charge in [0.25, 0.3) is 5.91 Å². The minimum absolute atomic E-state index is 0.0245. The van der Waals surface area contributed by atoms with Crippen LogP contribution < -0.4 is 0 Å². The number of hydrogen-bond donors (Lipinski definition) is 2. The molecule has 2 rings (SSSR count). The number of nitrogens with zero attached hydrogens (tertiary/aromatic N) is 2. The Bertz CT molecular complexity index is 540. The first-order valence-corrected chi connectivity index (χ1v) is 6.78. The Morgan fingerprint density at radius 3 is 2.65 bits per heavy atom. The molecular formula is C13H17ClN2O4. The second kappa shape index (κ2) is 5.46. The number of aromatic nitrogens is 1. The number of hydrogen-bond acceptors (Lipinski definition) is 3. The zero-order valence-electron chi connectivity index (χ0n) is 11.3. The van der Waals surface area contributed by atoms with E-state index in [4.69, 9.17) is 16.7 Å². The minimum atomic E-state index is -1.11. The summed E-state index contributed by atoms with van der Waals surface area (Å²) in [7, 11) is 0. The van der Waals surface area contributed by atoms with Crippen LogP contribution in [0, 0.1) is 0 Å². The molecule has 1 aliphatic heterocycles. The van der Waals surface area contributed by atoms with Crippen molar-refractivity contribution in [3.63, 3.8) is 0 Å². The normalized spacial score (nSPS) is 22.6. The SMILES string of the molecule is CC(C)n1cc(Cl)cc1C(=O)N1C[C@H](O)C[C@H]1C(=O)O. The van der Waals surface area contributed by atoms with Crippen LogP contribution in [-0.2, 0) is 4.79 Å². The molecule has 0 spiro atoms. The van der Waals surface area contributed by atoms with Gasteiger partial charge in [-0.1, -0.05) is 11.6 Å². The molecule has 20 heavy (non-hydrogen) atoms. The number of carboxylic acids is 1. The van der Waals surface area contributed by atoms with E-state index >= 15 is 0 Å². The number of aliphatic hydroxyl groups excluding tert-OH is 1. The summed E-state index contributed by atoms with van der Waals surface area (Å²) in [5.41, 5.74) is 0.338. The summed E-state index contributed by atoms with van der Waals surface area (Å²) in [6.07, 6.45) is 0.886. The van der Waals surface area contributed by atoms with Crippen LogP contribution in [0.4, 0.5) is 0 Å². The maximum atomic E-state index is 12.5. The van der Waals surface area contributed by atoms with Crippen molar-refractivity contribution >= 4 is 23.5 Å². The number of likely N-dealkylation sites (tertiary alicyclic amines) is 1. The minimum Gasteiger partial charge on any atom is -0.480 e. The summed E-state index contributed by atoms with van der Waals surface area (Å²) in [5, 5.41) is 19.2. The number of carboxylic acid groups (broad SMARTS) is 1. The lowest BCUT2D eigenvalue weighted by Gasteiger charge is -2.22. The van der Waals surface area contributed by atoms with E-state index in [1.165, 1.54) is 11.0 Å². The number of halogens is 1. The van der Waals surface area contributed by atoms with Crippen LogP contribution in [-0.4, -0.2) is 50.2 Å². The van der Waals surface area contributed by atoms with Gasteiger partial charge in [-0.05, 0) is 19.9 Å². The van der Waals surface area contributed by atoms with Crippen LogP contribution in [0.25, 0.3) is 0 Å². The third-order valence-corrected chi connectivity index (χ3v) is 3.62. The molecule has 2 heterocycles. The van der Waals surface area contributed by atoms with Crippen LogP contribution in [0.3, 0.4) is 0 Å². The Morgan fingerprint density at radius 2 is 2.10 bits per heavy atom. The molecule has 0 radical (unpaired) electrons. The Hall–Kier alpha value is -1.53. The van der Waals surface area contributed by atoms with Crippen molar-refractivity contribution in [3.05, 3.63) is 23.0 Å². The zero-order valence-corrected chi connectivity index (χ0v) is 12.0. The summed E-state index contributed by atoms with van der Waals surface area (Å²) >= 11 is 5.93. The summed E-state index contributed by atoms with van der Waals surface area (Å²) in [4.78, 5) is 24.9. The molecule has 1 aromatic heterocycles. The van der Waals surface area contributed by atoms with Crippen molar-refractivity contribution < 1.29 is 19.8 Å². The van der Waals surface area contributed by atoms with E-state index in [0.717, 1.165) is 0 Å². The molecule has 1 saturated heterocycles. The number of β-amino-alcohol motifs (C(OH)–C–C–N with tert-alkyl or cyclic N) is 1. The fraction of sp³-hybridized carbons (Fsp3) is 0.538. The molecule has 110 valence electrons. The van der Waals surface area contributed by atoms with Gasteiger partial charge in [-0.3, -0.25) is 4.79 Å².